The molecule has 1 heterocycles. The molecule has 0 aromatic heterocycles. The second-order valence-electron chi connectivity index (χ2n) is 4.55. The van der Waals surface area contributed by atoms with Gasteiger partial charge in [0.05, 0.1) is 0 Å². The fourth-order valence-corrected chi connectivity index (χ4v) is 2.04. The van der Waals surface area contributed by atoms with Gasteiger partial charge in [0.25, 0.3) is 5.91 Å². The highest BCUT2D eigenvalue weighted by Gasteiger charge is 2.19. The molecule has 0 radical (unpaired) electrons. The van der Waals surface area contributed by atoms with Crippen molar-refractivity contribution in [1.82, 2.24) is 5.32 Å². The number of ether oxygens (including phenoxy) is 2. The monoisotopic (exact) mass is 261 g/mol. The Labute approximate surface area is 113 Å². The molecular formula is C15H19NO3. The molecule has 0 aliphatic carbocycles. The molecule has 19 heavy (non-hydrogen) atoms. The number of rotatable bonds is 3. The van der Waals surface area contributed by atoms with Gasteiger partial charge < -0.3 is 14.8 Å². The largest absolute Gasteiger partial charge is 0.486 e. The summed E-state index contributed by atoms with van der Waals surface area (Å²) in [7, 11) is 1.62. The Balaban J connectivity index is 2.46. The Bertz CT molecular complexity index is 520. The number of nitrogens with one attached hydrogen (secondary N) is 1. The van der Waals surface area contributed by atoms with Crippen LogP contribution in [0.4, 0.5) is 0 Å². The number of allylic oxidation sites excluding steroid dienone is 2. The lowest BCUT2D eigenvalue weighted by Gasteiger charge is -2.22. The standard InChI is InChI=1S/C15H19NO3/c1-4-10(2)7-11-8-12(15(17)16-3)9-13-14(11)19-6-5-18-13/h4,8-9H,5-7H2,1-3H3,(H,16,17)/b10-4+. The first-order chi connectivity index (χ1) is 9.15. The van der Waals surface area contributed by atoms with Crippen LogP contribution in [-0.4, -0.2) is 26.2 Å². The zero-order valence-corrected chi connectivity index (χ0v) is 11.6. The average molecular weight is 261 g/mol. The summed E-state index contributed by atoms with van der Waals surface area (Å²) in [5, 5.41) is 2.63. The average Bonchev–Trinajstić information content (AvgIpc) is 2.46. The molecule has 1 amide bonds. The van der Waals surface area contributed by atoms with Gasteiger partial charge >= 0.3 is 0 Å². The lowest BCUT2D eigenvalue weighted by atomic mass is 10.0. The van der Waals surface area contributed by atoms with Crippen molar-refractivity contribution >= 4 is 5.91 Å². The molecule has 0 spiro atoms. The van der Waals surface area contributed by atoms with E-state index in [1.54, 1.807) is 13.1 Å². The normalized spacial score (nSPS) is 14.2. The minimum Gasteiger partial charge on any atom is -0.486 e. The Morgan fingerprint density at radius 2 is 2.11 bits per heavy atom. The van der Waals surface area contributed by atoms with Crippen LogP contribution in [0.3, 0.4) is 0 Å². The molecule has 4 nitrogen and oxygen atoms in total. The molecule has 1 aromatic carbocycles. The van der Waals surface area contributed by atoms with Crippen molar-refractivity contribution in [2.45, 2.75) is 20.3 Å². The van der Waals surface area contributed by atoms with Gasteiger partial charge in [0.15, 0.2) is 11.5 Å². The molecule has 1 N–H and O–H groups in total. The molecule has 0 bridgehead atoms. The van der Waals surface area contributed by atoms with E-state index >= 15 is 0 Å². The SMILES string of the molecule is C/C=C(\C)Cc1cc(C(=O)NC)cc2c1OCCO2. The first kappa shape index (κ1) is 13.5. The summed E-state index contributed by atoms with van der Waals surface area (Å²) in [5.74, 6) is 1.31. The van der Waals surface area contributed by atoms with Crippen molar-refractivity contribution in [2.75, 3.05) is 20.3 Å². The van der Waals surface area contributed by atoms with E-state index in [0.717, 1.165) is 17.7 Å². The number of carbonyl (C=O) groups excluding carboxylic acids is 1. The minimum atomic E-state index is -0.114. The molecule has 102 valence electrons. The quantitative estimate of drug-likeness (QED) is 0.849. The lowest BCUT2D eigenvalue weighted by Crippen LogP contribution is -2.21. The van der Waals surface area contributed by atoms with Gasteiger partial charge in [-0.2, -0.15) is 0 Å². The van der Waals surface area contributed by atoms with Gasteiger partial charge in [-0.3, -0.25) is 4.79 Å². The molecule has 0 fully saturated rings. The van der Waals surface area contributed by atoms with Gasteiger partial charge in [0.1, 0.15) is 13.2 Å². The van der Waals surface area contributed by atoms with Crippen LogP contribution >= 0.6 is 0 Å². The number of hydrogen-bond donors (Lipinski definition) is 1. The summed E-state index contributed by atoms with van der Waals surface area (Å²) >= 11 is 0. The summed E-state index contributed by atoms with van der Waals surface area (Å²) in [4.78, 5) is 11.8. The molecule has 1 aromatic rings. The van der Waals surface area contributed by atoms with Crippen LogP contribution in [0.1, 0.15) is 29.8 Å². The Kier molecular flexibility index (Phi) is 4.10. The molecule has 0 saturated carbocycles. The van der Waals surface area contributed by atoms with Gasteiger partial charge in [-0.05, 0) is 32.4 Å². The third kappa shape index (κ3) is 2.89. The Morgan fingerprint density at radius 3 is 2.79 bits per heavy atom. The zero-order chi connectivity index (χ0) is 13.8. The van der Waals surface area contributed by atoms with Crippen LogP contribution in [0.25, 0.3) is 0 Å². The third-order valence-corrected chi connectivity index (χ3v) is 3.17. The highest BCUT2D eigenvalue weighted by Crippen LogP contribution is 2.36. The van der Waals surface area contributed by atoms with E-state index in [4.69, 9.17) is 9.47 Å². The van der Waals surface area contributed by atoms with Gasteiger partial charge in [-0.1, -0.05) is 11.6 Å². The van der Waals surface area contributed by atoms with Crippen molar-refractivity contribution in [2.24, 2.45) is 0 Å². The Morgan fingerprint density at radius 1 is 1.37 bits per heavy atom. The molecule has 0 saturated heterocycles. The summed E-state index contributed by atoms with van der Waals surface area (Å²) < 4.78 is 11.3. The van der Waals surface area contributed by atoms with E-state index in [9.17, 15) is 4.79 Å². The number of fused-ring (bicyclic) bond motifs is 1. The first-order valence-electron chi connectivity index (χ1n) is 6.42. The van der Waals surface area contributed by atoms with Crippen LogP contribution < -0.4 is 14.8 Å². The summed E-state index contributed by atoms with van der Waals surface area (Å²) in [6.07, 6.45) is 2.82. The van der Waals surface area contributed by atoms with Crippen molar-refractivity contribution in [3.8, 4) is 11.5 Å². The van der Waals surface area contributed by atoms with E-state index in [-0.39, 0.29) is 5.91 Å². The smallest absolute Gasteiger partial charge is 0.251 e. The number of amides is 1. The predicted octanol–water partition coefficient (Wildman–Crippen LogP) is 2.33. The molecule has 1 aliphatic heterocycles. The van der Waals surface area contributed by atoms with Gasteiger partial charge in [0.2, 0.25) is 0 Å². The van der Waals surface area contributed by atoms with Crippen LogP contribution in [0.2, 0.25) is 0 Å². The molecule has 4 heteroatoms. The fraction of sp³-hybridized carbons (Fsp3) is 0.400. The number of hydrogen-bond acceptors (Lipinski definition) is 3. The van der Waals surface area contributed by atoms with E-state index in [0.29, 0.717) is 24.5 Å². The van der Waals surface area contributed by atoms with E-state index in [1.807, 2.05) is 13.0 Å². The number of benzene rings is 1. The van der Waals surface area contributed by atoms with E-state index in [2.05, 4.69) is 18.3 Å². The second kappa shape index (κ2) is 5.78. The van der Waals surface area contributed by atoms with E-state index in [1.165, 1.54) is 5.57 Å². The van der Waals surface area contributed by atoms with Crippen LogP contribution in [0.15, 0.2) is 23.8 Å². The summed E-state index contributed by atoms with van der Waals surface area (Å²) in [6.45, 7) is 5.13. The third-order valence-electron chi connectivity index (χ3n) is 3.17. The maximum absolute atomic E-state index is 11.8. The van der Waals surface area contributed by atoms with Crippen LogP contribution in [-0.2, 0) is 6.42 Å². The van der Waals surface area contributed by atoms with Crippen LogP contribution in [0.5, 0.6) is 11.5 Å². The molecule has 0 unspecified atom stereocenters. The predicted molar refractivity (Wildman–Crippen MR) is 74.0 cm³/mol. The molecule has 2 rings (SSSR count). The van der Waals surface area contributed by atoms with Gasteiger partial charge in [0, 0.05) is 18.2 Å². The maximum atomic E-state index is 11.8. The summed E-state index contributed by atoms with van der Waals surface area (Å²) in [6, 6.07) is 3.61. The molecule has 1 aliphatic rings. The molecule has 0 atom stereocenters. The van der Waals surface area contributed by atoms with Crippen molar-refractivity contribution < 1.29 is 14.3 Å². The zero-order valence-electron chi connectivity index (χ0n) is 11.6. The maximum Gasteiger partial charge on any atom is 0.251 e. The first-order valence-corrected chi connectivity index (χ1v) is 6.42. The second-order valence-corrected chi connectivity index (χ2v) is 4.55. The van der Waals surface area contributed by atoms with Gasteiger partial charge in [-0.25, -0.2) is 0 Å². The van der Waals surface area contributed by atoms with Crippen LogP contribution in [0, 0.1) is 0 Å². The minimum absolute atomic E-state index is 0.114. The number of carbonyl (C=O) groups is 1. The lowest BCUT2D eigenvalue weighted by molar-refractivity contribution is 0.0961. The highest BCUT2D eigenvalue weighted by atomic mass is 16.6. The van der Waals surface area contributed by atoms with Crippen molar-refractivity contribution in [3.63, 3.8) is 0 Å². The van der Waals surface area contributed by atoms with Crippen molar-refractivity contribution in [1.29, 1.82) is 0 Å². The summed E-state index contributed by atoms with van der Waals surface area (Å²) in [5.41, 5.74) is 2.82. The fourth-order valence-electron chi connectivity index (χ4n) is 2.04. The van der Waals surface area contributed by atoms with Crippen molar-refractivity contribution in [3.05, 3.63) is 34.9 Å². The van der Waals surface area contributed by atoms with Gasteiger partial charge in [-0.15, -0.1) is 0 Å². The van der Waals surface area contributed by atoms with E-state index < -0.39 is 0 Å². The Hall–Kier alpha value is -1.97. The molecular weight excluding hydrogens is 242 g/mol. The topological polar surface area (TPSA) is 47.6 Å². The highest BCUT2D eigenvalue weighted by molar-refractivity contribution is 5.95.